The van der Waals surface area contributed by atoms with Crippen LogP contribution in [0.5, 0.6) is 17.2 Å². The Morgan fingerprint density at radius 1 is 1.13 bits per heavy atom. The summed E-state index contributed by atoms with van der Waals surface area (Å²) < 4.78 is 40.7. The van der Waals surface area contributed by atoms with Crippen molar-refractivity contribution >= 4 is 40.8 Å². The number of aromatic nitrogens is 1. The third-order valence-corrected chi connectivity index (χ3v) is 4.47. The molecule has 4 rings (SSSR count). The smallest absolute Gasteiger partial charge is 0.387 e. The molecule has 1 aromatic heterocycles. The minimum Gasteiger partial charge on any atom is -0.454 e. The van der Waals surface area contributed by atoms with E-state index in [4.69, 9.17) is 9.47 Å². The van der Waals surface area contributed by atoms with Crippen LogP contribution in [0.4, 0.5) is 8.78 Å². The van der Waals surface area contributed by atoms with Gasteiger partial charge in [-0.1, -0.05) is 18.2 Å². The molecule has 7 nitrogen and oxygen atoms in total. The molecule has 1 aliphatic heterocycles. The molecule has 0 spiro atoms. The number of para-hydroxylation sites is 1. The molecule has 3 aromatic rings. The summed E-state index contributed by atoms with van der Waals surface area (Å²) in [6.07, 6.45) is 0. The molecule has 0 fully saturated rings. The molecule has 3 N–H and O–H groups in total. The van der Waals surface area contributed by atoms with Crippen molar-refractivity contribution < 1.29 is 23.0 Å². The lowest BCUT2D eigenvalue weighted by Crippen LogP contribution is -2.36. The van der Waals surface area contributed by atoms with Gasteiger partial charge in [-0.25, -0.2) is 0 Å². The molecule has 0 saturated heterocycles. The third kappa shape index (κ3) is 5.04. The van der Waals surface area contributed by atoms with E-state index in [1.807, 2.05) is 24.3 Å². The molecule has 0 aliphatic carbocycles. The second kappa shape index (κ2) is 9.83. The highest BCUT2D eigenvalue weighted by molar-refractivity contribution is 14.0. The number of halogens is 3. The number of nitrogens with one attached hydrogen (secondary N) is 3. The molecule has 30 heavy (non-hydrogen) atoms. The van der Waals surface area contributed by atoms with Crippen LogP contribution in [-0.4, -0.2) is 31.4 Å². The van der Waals surface area contributed by atoms with Crippen LogP contribution < -0.4 is 24.8 Å². The van der Waals surface area contributed by atoms with Gasteiger partial charge in [-0.3, -0.25) is 4.99 Å². The first-order chi connectivity index (χ1) is 14.1. The van der Waals surface area contributed by atoms with Gasteiger partial charge in [-0.2, -0.15) is 8.78 Å². The highest BCUT2D eigenvalue weighted by atomic mass is 127. The summed E-state index contributed by atoms with van der Waals surface area (Å²) in [6, 6.07) is 13.1. The maximum atomic E-state index is 12.8. The SMILES string of the molecule is CN=C(NCc1cc2ccccc2[nH]1)NCc1cc2c(cc1OC(F)F)OCO2.I. The van der Waals surface area contributed by atoms with Crippen molar-refractivity contribution in [3.63, 3.8) is 0 Å². The van der Waals surface area contributed by atoms with Crippen LogP contribution in [0.3, 0.4) is 0 Å². The van der Waals surface area contributed by atoms with Crippen molar-refractivity contribution in [2.45, 2.75) is 19.7 Å². The molecule has 10 heteroatoms. The second-order valence-corrected chi connectivity index (χ2v) is 6.35. The Labute approximate surface area is 188 Å². The maximum absolute atomic E-state index is 12.8. The van der Waals surface area contributed by atoms with E-state index in [9.17, 15) is 8.78 Å². The number of aromatic amines is 1. The van der Waals surface area contributed by atoms with Gasteiger partial charge in [0.1, 0.15) is 5.75 Å². The van der Waals surface area contributed by atoms with E-state index in [1.165, 1.54) is 6.07 Å². The Kier molecular flexibility index (Phi) is 7.19. The molecule has 0 amide bonds. The van der Waals surface area contributed by atoms with Crippen molar-refractivity contribution in [1.29, 1.82) is 0 Å². The lowest BCUT2D eigenvalue weighted by molar-refractivity contribution is -0.0505. The predicted octanol–water partition coefficient (Wildman–Crippen LogP) is 3.98. The van der Waals surface area contributed by atoms with E-state index < -0.39 is 6.61 Å². The van der Waals surface area contributed by atoms with Crippen LogP contribution in [-0.2, 0) is 13.1 Å². The third-order valence-electron chi connectivity index (χ3n) is 4.47. The molecule has 1 aliphatic rings. The molecular formula is C20H21F2IN4O3. The van der Waals surface area contributed by atoms with Crippen molar-refractivity contribution in [1.82, 2.24) is 15.6 Å². The van der Waals surface area contributed by atoms with Crippen molar-refractivity contribution in [3.8, 4) is 17.2 Å². The van der Waals surface area contributed by atoms with Crippen LogP contribution in [0, 0.1) is 0 Å². The summed E-state index contributed by atoms with van der Waals surface area (Å²) in [4.78, 5) is 7.50. The molecule has 2 aromatic carbocycles. The van der Waals surface area contributed by atoms with E-state index >= 15 is 0 Å². The zero-order valence-corrected chi connectivity index (χ0v) is 18.4. The number of nitrogens with zero attached hydrogens (tertiary/aromatic N) is 1. The average Bonchev–Trinajstić information content (AvgIpc) is 3.33. The van der Waals surface area contributed by atoms with E-state index in [-0.39, 0.29) is 43.1 Å². The van der Waals surface area contributed by atoms with Gasteiger partial charge in [0.2, 0.25) is 6.79 Å². The fourth-order valence-electron chi connectivity index (χ4n) is 3.12. The second-order valence-electron chi connectivity index (χ2n) is 6.35. The van der Waals surface area contributed by atoms with Crippen molar-refractivity contribution in [3.05, 3.63) is 53.7 Å². The number of benzene rings is 2. The van der Waals surface area contributed by atoms with Crippen LogP contribution >= 0.6 is 24.0 Å². The highest BCUT2D eigenvalue weighted by Gasteiger charge is 2.20. The first kappa shape index (κ1) is 21.9. The van der Waals surface area contributed by atoms with E-state index in [1.54, 1.807) is 13.1 Å². The average molecular weight is 530 g/mol. The summed E-state index contributed by atoms with van der Waals surface area (Å²) in [5.74, 6) is 1.42. The van der Waals surface area contributed by atoms with Crippen molar-refractivity contribution in [2.75, 3.05) is 13.8 Å². The maximum Gasteiger partial charge on any atom is 0.387 e. The summed E-state index contributed by atoms with van der Waals surface area (Å²) in [5.41, 5.74) is 2.56. The lowest BCUT2D eigenvalue weighted by Gasteiger charge is -2.15. The van der Waals surface area contributed by atoms with Crippen LogP contribution in [0.15, 0.2) is 47.5 Å². The quantitative estimate of drug-likeness (QED) is 0.255. The normalized spacial score (nSPS) is 12.7. The zero-order valence-electron chi connectivity index (χ0n) is 16.1. The van der Waals surface area contributed by atoms with Crippen molar-refractivity contribution in [2.24, 2.45) is 4.99 Å². The number of fused-ring (bicyclic) bond motifs is 2. The van der Waals surface area contributed by atoms with Crippen LogP contribution in [0.2, 0.25) is 0 Å². The molecule has 0 atom stereocenters. The Morgan fingerprint density at radius 3 is 2.60 bits per heavy atom. The monoisotopic (exact) mass is 530 g/mol. The molecule has 2 heterocycles. The first-order valence-corrected chi connectivity index (χ1v) is 9.01. The van der Waals surface area contributed by atoms with Gasteiger partial charge in [-0.15, -0.1) is 24.0 Å². The number of aliphatic imine (C=N–C) groups is 1. The van der Waals surface area contributed by atoms with Gasteiger partial charge in [0.25, 0.3) is 0 Å². The number of hydrogen-bond donors (Lipinski definition) is 3. The van der Waals surface area contributed by atoms with E-state index in [2.05, 4.69) is 31.4 Å². The standard InChI is InChI=1S/C20H20F2N4O3.HI/c1-23-20(25-10-14-6-12-4-2-3-5-15(12)26-14)24-9-13-7-17-18(28-11-27-17)8-16(13)29-19(21)22;/h2-8,19,26H,9-11H2,1H3,(H2,23,24,25);1H. The van der Waals surface area contributed by atoms with Gasteiger partial charge in [0, 0.05) is 36.4 Å². The minimum absolute atomic E-state index is 0. The Balaban J connectivity index is 0.00000256. The molecular weight excluding hydrogens is 509 g/mol. The van der Waals surface area contributed by atoms with Gasteiger partial charge in [-0.05, 0) is 23.6 Å². The van der Waals surface area contributed by atoms with Crippen LogP contribution in [0.25, 0.3) is 10.9 Å². The molecule has 0 unspecified atom stereocenters. The predicted molar refractivity (Wildman–Crippen MR) is 120 cm³/mol. The van der Waals surface area contributed by atoms with Crippen LogP contribution in [0.1, 0.15) is 11.3 Å². The fraction of sp³-hybridized carbons (Fsp3) is 0.250. The van der Waals surface area contributed by atoms with E-state index in [0.717, 1.165) is 16.6 Å². The summed E-state index contributed by atoms with van der Waals surface area (Å²) >= 11 is 0. The lowest BCUT2D eigenvalue weighted by atomic mass is 10.1. The summed E-state index contributed by atoms with van der Waals surface area (Å²) in [6.45, 7) is -2.15. The van der Waals surface area contributed by atoms with Gasteiger partial charge >= 0.3 is 6.61 Å². The Morgan fingerprint density at radius 2 is 1.87 bits per heavy atom. The minimum atomic E-state index is -2.94. The Hall–Kier alpha value is -2.76. The molecule has 0 radical (unpaired) electrons. The van der Waals surface area contributed by atoms with Gasteiger partial charge in [0.05, 0.1) is 6.54 Å². The highest BCUT2D eigenvalue weighted by Crippen LogP contribution is 2.38. The number of rotatable bonds is 6. The molecule has 160 valence electrons. The van der Waals surface area contributed by atoms with Gasteiger partial charge in [0.15, 0.2) is 17.5 Å². The number of H-pyrrole nitrogens is 1. The topological polar surface area (TPSA) is 79.9 Å². The van der Waals surface area contributed by atoms with E-state index in [0.29, 0.717) is 29.6 Å². The zero-order chi connectivity index (χ0) is 20.2. The molecule has 0 saturated carbocycles. The Bertz CT molecular complexity index is 1010. The number of guanidine groups is 1. The summed E-state index contributed by atoms with van der Waals surface area (Å²) in [7, 11) is 1.64. The summed E-state index contributed by atoms with van der Waals surface area (Å²) in [5, 5.41) is 7.42. The molecule has 0 bridgehead atoms. The number of ether oxygens (including phenoxy) is 3. The largest absolute Gasteiger partial charge is 0.454 e. The van der Waals surface area contributed by atoms with Gasteiger partial charge < -0.3 is 29.8 Å². The number of alkyl halides is 2. The number of hydrogen-bond acceptors (Lipinski definition) is 4. The fourth-order valence-corrected chi connectivity index (χ4v) is 3.12. The first-order valence-electron chi connectivity index (χ1n) is 9.01.